The molecular formula is C13H16N2O5. The molecule has 1 fully saturated rings. The van der Waals surface area contributed by atoms with Crippen molar-refractivity contribution in [2.45, 2.75) is 20.0 Å². The third kappa shape index (κ3) is 2.72. The van der Waals surface area contributed by atoms with Gasteiger partial charge in [-0.3, -0.25) is 10.1 Å². The number of hydrogen-bond donors (Lipinski definition) is 1. The molecule has 1 aliphatic rings. The zero-order valence-corrected chi connectivity index (χ0v) is 11.3. The van der Waals surface area contributed by atoms with E-state index in [0.29, 0.717) is 30.9 Å². The second-order valence-electron chi connectivity index (χ2n) is 4.83. The molecule has 0 spiro atoms. The molecule has 0 radical (unpaired) electrons. The lowest BCUT2D eigenvalue weighted by Crippen LogP contribution is -2.41. The van der Waals surface area contributed by atoms with E-state index in [1.165, 1.54) is 6.07 Å². The van der Waals surface area contributed by atoms with Crippen molar-refractivity contribution in [2.24, 2.45) is 0 Å². The predicted octanol–water partition coefficient (Wildman–Crippen LogP) is 1.83. The van der Waals surface area contributed by atoms with Crippen molar-refractivity contribution in [2.75, 3.05) is 24.6 Å². The topological polar surface area (TPSA) is 92.9 Å². The van der Waals surface area contributed by atoms with Crippen LogP contribution in [0, 0.1) is 17.0 Å². The summed E-state index contributed by atoms with van der Waals surface area (Å²) in [6.07, 6.45) is 0.00990. The number of hydrogen-bond acceptors (Lipinski definition) is 5. The minimum Gasteiger partial charge on any atom is -0.478 e. The summed E-state index contributed by atoms with van der Waals surface area (Å²) in [6, 6.07) is 2.59. The van der Waals surface area contributed by atoms with Crippen LogP contribution in [0.25, 0.3) is 0 Å². The van der Waals surface area contributed by atoms with Gasteiger partial charge >= 0.3 is 5.97 Å². The van der Waals surface area contributed by atoms with Crippen LogP contribution in [0.15, 0.2) is 12.1 Å². The van der Waals surface area contributed by atoms with Crippen molar-refractivity contribution < 1.29 is 19.6 Å². The van der Waals surface area contributed by atoms with Crippen molar-refractivity contribution in [3.63, 3.8) is 0 Å². The standard InChI is InChI=1S/C13H16N2O5/c1-8-7-14(3-4-20-8)11-5-10(13(16)17)6-12(9(11)2)15(18)19/h5-6,8H,3-4,7H2,1-2H3,(H,16,17). The van der Waals surface area contributed by atoms with E-state index in [1.54, 1.807) is 6.92 Å². The Morgan fingerprint density at radius 2 is 2.25 bits per heavy atom. The van der Waals surface area contributed by atoms with Crippen LogP contribution in [-0.4, -0.2) is 41.8 Å². The van der Waals surface area contributed by atoms with E-state index in [0.717, 1.165) is 6.07 Å². The molecule has 0 bridgehead atoms. The molecule has 20 heavy (non-hydrogen) atoms. The Hall–Kier alpha value is -2.15. The Morgan fingerprint density at radius 3 is 2.80 bits per heavy atom. The number of ether oxygens (including phenoxy) is 1. The molecule has 7 heteroatoms. The van der Waals surface area contributed by atoms with E-state index in [9.17, 15) is 14.9 Å². The van der Waals surface area contributed by atoms with E-state index in [1.807, 2.05) is 11.8 Å². The Balaban J connectivity index is 2.50. The van der Waals surface area contributed by atoms with Gasteiger partial charge in [0.15, 0.2) is 0 Å². The first kappa shape index (κ1) is 14.3. The smallest absolute Gasteiger partial charge is 0.336 e. The number of morpholine rings is 1. The maximum absolute atomic E-state index is 11.1. The Kier molecular flexibility index (Phi) is 3.89. The number of nitrogens with zero attached hydrogens (tertiary/aromatic N) is 2. The van der Waals surface area contributed by atoms with E-state index < -0.39 is 10.9 Å². The minimum absolute atomic E-state index is 0.00990. The zero-order valence-electron chi connectivity index (χ0n) is 11.3. The molecule has 0 aliphatic carbocycles. The molecule has 1 aliphatic heterocycles. The lowest BCUT2D eigenvalue weighted by Gasteiger charge is -2.33. The lowest BCUT2D eigenvalue weighted by atomic mass is 10.1. The molecule has 1 aromatic carbocycles. The molecule has 0 aromatic heterocycles. The first-order valence-corrected chi connectivity index (χ1v) is 6.29. The highest BCUT2D eigenvalue weighted by atomic mass is 16.6. The van der Waals surface area contributed by atoms with Gasteiger partial charge in [-0.25, -0.2) is 4.79 Å². The number of nitro groups is 1. The first-order valence-electron chi connectivity index (χ1n) is 6.29. The van der Waals surface area contributed by atoms with Crippen LogP contribution in [0.4, 0.5) is 11.4 Å². The largest absolute Gasteiger partial charge is 0.478 e. The number of anilines is 1. The van der Waals surface area contributed by atoms with Gasteiger partial charge in [-0.2, -0.15) is 0 Å². The fourth-order valence-corrected chi connectivity index (χ4v) is 2.36. The first-order chi connectivity index (χ1) is 9.40. The second-order valence-corrected chi connectivity index (χ2v) is 4.83. The molecule has 7 nitrogen and oxygen atoms in total. The molecule has 1 saturated heterocycles. The average molecular weight is 280 g/mol. The Bertz CT molecular complexity index is 558. The monoisotopic (exact) mass is 280 g/mol. The van der Waals surface area contributed by atoms with Gasteiger partial charge in [-0.1, -0.05) is 0 Å². The summed E-state index contributed by atoms with van der Waals surface area (Å²) in [5.41, 5.74) is 0.830. The SMILES string of the molecule is Cc1c(N2CCOC(C)C2)cc(C(=O)O)cc1[N+](=O)[O-]. The third-order valence-corrected chi connectivity index (χ3v) is 3.38. The number of aromatic carboxylic acids is 1. The summed E-state index contributed by atoms with van der Waals surface area (Å²) in [5.74, 6) is -1.17. The number of carbonyl (C=O) groups is 1. The maximum Gasteiger partial charge on any atom is 0.336 e. The van der Waals surface area contributed by atoms with Gasteiger partial charge in [0.25, 0.3) is 5.69 Å². The average Bonchev–Trinajstić information content (AvgIpc) is 2.38. The Morgan fingerprint density at radius 1 is 1.55 bits per heavy atom. The van der Waals surface area contributed by atoms with Crippen LogP contribution >= 0.6 is 0 Å². The highest BCUT2D eigenvalue weighted by Gasteiger charge is 2.25. The van der Waals surface area contributed by atoms with E-state index in [2.05, 4.69) is 0 Å². The molecule has 0 saturated carbocycles. The van der Waals surface area contributed by atoms with Gasteiger partial charge < -0.3 is 14.7 Å². The van der Waals surface area contributed by atoms with Crippen molar-refractivity contribution >= 4 is 17.3 Å². The number of carboxylic acids is 1. The van der Waals surface area contributed by atoms with Gasteiger partial charge in [-0.15, -0.1) is 0 Å². The van der Waals surface area contributed by atoms with Crippen LogP contribution < -0.4 is 4.90 Å². The van der Waals surface area contributed by atoms with E-state index in [4.69, 9.17) is 9.84 Å². The van der Waals surface area contributed by atoms with Crippen molar-refractivity contribution in [1.29, 1.82) is 0 Å². The molecule has 1 heterocycles. The molecule has 1 N–H and O–H groups in total. The summed E-state index contributed by atoms with van der Waals surface area (Å²) >= 11 is 0. The number of benzene rings is 1. The van der Waals surface area contributed by atoms with Gasteiger partial charge in [0.2, 0.25) is 0 Å². The van der Waals surface area contributed by atoms with Gasteiger partial charge in [-0.05, 0) is 19.9 Å². The summed E-state index contributed by atoms with van der Waals surface area (Å²) in [5, 5.41) is 20.2. The molecule has 1 atom stereocenters. The van der Waals surface area contributed by atoms with Crippen LogP contribution in [0.2, 0.25) is 0 Å². The highest BCUT2D eigenvalue weighted by Crippen LogP contribution is 2.31. The number of nitro benzene ring substituents is 1. The van der Waals surface area contributed by atoms with Crippen LogP contribution in [0.3, 0.4) is 0 Å². The van der Waals surface area contributed by atoms with Crippen molar-refractivity contribution in [1.82, 2.24) is 0 Å². The zero-order chi connectivity index (χ0) is 14.9. The highest BCUT2D eigenvalue weighted by molar-refractivity contribution is 5.90. The minimum atomic E-state index is -1.17. The van der Waals surface area contributed by atoms with Gasteiger partial charge in [0.05, 0.1) is 28.8 Å². The summed E-state index contributed by atoms with van der Waals surface area (Å²) in [6.45, 7) is 5.24. The molecular weight excluding hydrogens is 264 g/mol. The summed E-state index contributed by atoms with van der Waals surface area (Å²) in [7, 11) is 0. The van der Waals surface area contributed by atoms with Gasteiger partial charge in [0.1, 0.15) is 0 Å². The van der Waals surface area contributed by atoms with E-state index >= 15 is 0 Å². The van der Waals surface area contributed by atoms with Crippen molar-refractivity contribution in [3.05, 3.63) is 33.4 Å². The normalized spacial score (nSPS) is 18.9. The fraction of sp³-hybridized carbons (Fsp3) is 0.462. The van der Waals surface area contributed by atoms with E-state index in [-0.39, 0.29) is 17.4 Å². The molecule has 1 aromatic rings. The summed E-state index contributed by atoms with van der Waals surface area (Å²) < 4.78 is 5.43. The number of carboxylic acid groups (broad SMARTS) is 1. The quantitative estimate of drug-likeness (QED) is 0.670. The molecule has 1 unspecified atom stereocenters. The fourth-order valence-electron chi connectivity index (χ4n) is 2.36. The predicted molar refractivity (Wildman–Crippen MR) is 72.4 cm³/mol. The number of rotatable bonds is 3. The third-order valence-electron chi connectivity index (χ3n) is 3.38. The van der Waals surface area contributed by atoms with Crippen LogP contribution in [-0.2, 0) is 4.74 Å². The molecule has 0 amide bonds. The maximum atomic E-state index is 11.1. The Labute approximate surface area is 115 Å². The summed E-state index contributed by atoms with van der Waals surface area (Å²) in [4.78, 5) is 23.6. The van der Waals surface area contributed by atoms with Crippen LogP contribution in [0.1, 0.15) is 22.8 Å². The molecule has 2 rings (SSSR count). The second kappa shape index (κ2) is 5.46. The van der Waals surface area contributed by atoms with Crippen molar-refractivity contribution in [3.8, 4) is 0 Å². The molecule has 108 valence electrons. The lowest BCUT2D eigenvalue weighted by molar-refractivity contribution is -0.385. The van der Waals surface area contributed by atoms with Gasteiger partial charge in [0, 0.05) is 24.8 Å². The van der Waals surface area contributed by atoms with Crippen LogP contribution in [0.5, 0.6) is 0 Å².